The molecule has 1 aromatic carbocycles. The average molecular weight is 350 g/mol. The maximum Gasteiger partial charge on any atom is 0.329 e. The molecule has 1 aromatic heterocycles. The highest BCUT2D eigenvalue weighted by Crippen LogP contribution is 2.24. The van der Waals surface area contributed by atoms with Crippen LogP contribution in [0.1, 0.15) is 24.8 Å². The first-order valence-corrected chi connectivity index (χ1v) is 8.18. The highest BCUT2D eigenvalue weighted by Gasteiger charge is 2.31. The summed E-state index contributed by atoms with van der Waals surface area (Å²) in [5, 5.41) is 0.245. The van der Waals surface area contributed by atoms with Crippen LogP contribution >= 0.6 is 11.6 Å². The number of carbonyl (C=O) groups is 1. The van der Waals surface area contributed by atoms with E-state index in [0.717, 1.165) is 12.8 Å². The van der Waals surface area contributed by atoms with Gasteiger partial charge >= 0.3 is 5.97 Å². The molecule has 2 heterocycles. The summed E-state index contributed by atoms with van der Waals surface area (Å²) in [5.41, 5.74) is 0.186. The molecule has 7 heteroatoms. The summed E-state index contributed by atoms with van der Waals surface area (Å²) >= 11 is 5.96. The van der Waals surface area contributed by atoms with Crippen molar-refractivity contribution in [2.75, 3.05) is 11.4 Å². The Bertz CT molecular complexity index is 694. The summed E-state index contributed by atoms with van der Waals surface area (Å²) in [6.07, 6.45) is 5.81. The van der Waals surface area contributed by atoms with Gasteiger partial charge in [-0.15, -0.1) is 0 Å². The van der Waals surface area contributed by atoms with Crippen molar-refractivity contribution in [3.05, 3.63) is 53.1 Å². The normalized spacial score (nSPS) is 17.6. The molecule has 5 nitrogen and oxygen atoms in total. The number of hydrogen-bond acceptors (Lipinski definition) is 5. The van der Waals surface area contributed by atoms with Gasteiger partial charge in [0.25, 0.3) is 0 Å². The topological polar surface area (TPSA) is 55.3 Å². The molecule has 126 valence electrons. The van der Waals surface area contributed by atoms with Crippen LogP contribution in [0.2, 0.25) is 5.02 Å². The van der Waals surface area contributed by atoms with Gasteiger partial charge in [0.1, 0.15) is 18.5 Å². The van der Waals surface area contributed by atoms with Crippen molar-refractivity contribution in [3.63, 3.8) is 0 Å². The van der Waals surface area contributed by atoms with Gasteiger partial charge in [0.2, 0.25) is 5.95 Å². The zero-order chi connectivity index (χ0) is 16.9. The van der Waals surface area contributed by atoms with Crippen LogP contribution in [0.3, 0.4) is 0 Å². The van der Waals surface area contributed by atoms with E-state index in [0.29, 0.717) is 18.9 Å². The second-order valence-corrected chi connectivity index (χ2v) is 5.97. The third-order valence-corrected chi connectivity index (χ3v) is 4.36. The number of piperidine rings is 1. The number of esters is 1. The number of ether oxygens (including phenoxy) is 1. The molecular formula is C17H17ClFN3O2. The lowest BCUT2D eigenvalue weighted by Gasteiger charge is -2.33. The van der Waals surface area contributed by atoms with E-state index in [2.05, 4.69) is 9.97 Å². The number of anilines is 1. The van der Waals surface area contributed by atoms with Crippen LogP contribution in [-0.4, -0.2) is 28.5 Å². The standard InChI is InChI=1S/C17H17ClFN3O2/c18-13-5-3-6-14(19)12(13)11-24-16(23)15-7-1-2-10-22(15)17-20-8-4-9-21-17/h3-6,8-9,15H,1-2,7,10-11H2/t15-/m0/s1. The van der Waals surface area contributed by atoms with Crippen LogP contribution in [0, 0.1) is 5.82 Å². The van der Waals surface area contributed by atoms with E-state index in [1.54, 1.807) is 24.5 Å². The van der Waals surface area contributed by atoms with Gasteiger partial charge in [-0.1, -0.05) is 17.7 Å². The second kappa shape index (κ2) is 7.57. The Morgan fingerprint density at radius 3 is 2.83 bits per heavy atom. The van der Waals surface area contributed by atoms with Gasteiger partial charge in [0.05, 0.1) is 5.02 Å². The van der Waals surface area contributed by atoms with Crippen molar-refractivity contribution in [2.45, 2.75) is 31.9 Å². The molecule has 0 amide bonds. The predicted molar refractivity (Wildman–Crippen MR) is 88.2 cm³/mol. The van der Waals surface area contributed by atoms with Gasteiger partial charge < -0.3 is 9.64 Å². The van der Waals surface area contributed by atoms with E-state index in [4.69, 9.17) is 16.3 Å². The van der Waals surface area contributed by atoms with E-state index >= 15 is 0 Å². The lowest BCUT2D eigenvalue weighted by molar-refractivity contribution is -0.147. The lowest BCUT2D eigenvalue weighted by atomic mass is 10.0. The molecular weight excluding hydrogens is 333 g/mol. The fourth-order valence-electron chi connectivity index (χ4n) is 2.77. The first-order valence-electron chi connectivity index (χ1n) is 7.80. The molecule has 0 aliphatic carbocycles. The summed E-state index contributed by atoms with van der Waals surface area (Å²) < 4.78 is 19.1. The first kappa shape index (κ1) is 16.6. The molecule has 1 fully saturated rings. The van der Waals surface area contributed by atoms with Crippen molar-refractivity contribution < 1.29 is 13.9 Å². The second-order valence-electron chi connectivity index (χ2n) is 5.56. The Morgan fingerprint density at radius 2 is 2.08 bits per heavy atom. The van der Waals surface area contributed by atoms with E-state index in [1.807, 2.05) is 4.90 Å². The Morgan fingerprint density at radius 1 is 1.29 bits per heavy atom. The van der Waals surface area contributed by atoms with Crippen molar-refractivity contribution in [3.8, 4) is 0 Å². The largest absolute Gasteiger partial charge is 0.459 e. The predicted octanol–water partition coefficient (Wildman–Crippen LogP) is 3.37. The van der Waals surface area contributed by atoms with Crippen molar-refractivity contribution in [1.82, 2.24) is 9.97 Å². The van der Waals surface area contributed by atoms with Crippen LogP contribution in [0.15, 0.2) is 36.7 Å². The van der Waals surface area contributed by atoms with Gasteiger partial charge in [0.15, 0.2) is 0 Å². The van der Waals surface area contributed by atoms with E-state index < -0.39 is 17.8 Å². The third kappa shape index (κ3) is 3.64. The summed E-state index contributed by atoms with van der Waals surface area (Å²) in [6.45, 7) is 0.495. The Hall–Kier alpha value is -2.21. The van der Waals surface area contributed by atoms with Gasteiger partial charge in [-0.25, -0.2) is 19.2 Å². The highest BCUT2D eigenvalue weighted by molar-refractivity contribution is 6.31. The number of nitrogens with zero attached hydrogens (tertiary/aromatic N) is 3. The minimum absolute atomic E-state index is 0.186. The summed E-state index contributed by atoms with van der Waals surface area (Å²) in [7, 11) is 0. The maximum absolute atomic E-state index is 13.8. The van der Waals surface area contributed by atoms with Crippen LogP contribution in [-0.2, 0) is 16.1 Å². The van der Waals surface area contributed by atoms with Crippen LogP contribution < -0.4 is 4.90 Å². The lowest BCUT2D eigenvalue weighted by Crippen LogP contribution is -2.46. The molecule has 2 aromatic rings. The van der Waals surface area contributed by atoms with Crippen molar-refractivity contribution in [1.29, 1.82) is 0 Å². The third-order valence-electron chi connectivity index (χ3n) is 4.00. The van der Waals surface area contributed by atoms with E-state index in [9.17, 15) is 9.18 Å². The van der Waals surface area contributed by atoms with Gasteiger partial charge in [-0.05, 0) is 37.5 Å². The summed E-state index contributed by atoms with van der Waals surface area (Å²) in [4.78, 5) is 22.7. The highest BCUT2D eigenvalue weighted by atomic mass is 35.5. The van der Waals surface area contributed by atoms with Gasteiger partial charge in [0, 0.05) is 24.5 Å². The Balaban J connectivity index is 1.71. The monoisotopic (exact) mass is 349 g/mol. The zero-order valence-corrected chi connectivity index (χ0v) is 13.7. The van der Waals surface area contributed by atoms with Crippen molar-refractivity contribution >= 4 is 23.5 Å². The first-order chi connectivity index (χ1) is 11.7. The molecule has 1 aliphatic heterocycles. The van der Waals surface area contributed by atoms with Crippen molar-refractivity contribution in [2.24, 2.45) is 0 Å². The molecule has 0 N–H and O–H groups in total. The average Bonchev–Trinajstić information content (AvgIpc) is 2.62. The van der Waals surface area contributed by atoms with Crippen LogP contribution in [0.4, 0.5) is 10.3 Å². The quantitative estimate of drug-likeness (QED) is 0.792. The van der Waals surface area contributed by atoms with E-state index in [1.165, 1.54) is 12.1 Å². The van der Waals surface area contributed by atoms with E-state index in [-0.39, 0.29) is 17.2 Å². The van der Waals surface area contributed by atoms with Crippen LogP contribution in [0.25, 0.3) is 0 Å². The minimum Gasteiger partial charge on any atom is -0.459 e. The number of carbonyl (C=O) groups excluding carboxylic acids is 1. The fourth-order valence-corrected chi connectivity index (χ4v) is 2.98. The Kier molecular flexibility index (Phi) is 5.25. The summed E-state index contributed by atoms with van der Waals surface area (Å²) in [5.74, 6) is -0.397. The molecule has 0 radical (unpaired) electrons. The molecule has 0 saturated carbocycles. The Labute approximate surface area is 144 Å². The summed E-state index contributed by atoms with van der Waals surface area (Å²) in [6, 6.07) is 5.63. The zero-order valence-electron chi connectivity index (χ0n) is 13.0. The number of hydrogen-bond donors (Lipinski definition) is 0. The molecule has 1 aliphatic rings. The van der Waals surface area contributed by atoms with Gasteiger partial charge in [-0.3, -0.25) is 0 Å². The van der Waals surface area contributed by atoms with Crippen LogP contribution in [0.5, 0.6) is 0 Å². The SMILES string of the molecule is O=C(OCc1c(F)cccc1Cl)[C@@H]1CCCCN1c1ncccn1. The molecule has 24 heavy (non-hydrogen) atoms. The number of halogens is 2. The minimum atomic E-state index is -0.484. The number of rotatable bonds is 4. The number of benzene rings is 1. The molecule has 0 unspecified atom stereocenters. The maximum atomic E-state index is 13.8. The fraction of sp³-hybridized carbons (Fsp3) is 0.353. The van der Waals surface area contributed by atoms with Gasteiger partial charge in [-0.2, -0.15) is 0 Å². The number of aromatic nitrogens is 2. The molecule has 1 atom stereocenters. The molecule has 1 saturated heterocycles. The molecule has 3 rings (SSSR count). The molecule has 0 spiro atoms. The molecule has 0 bridgehead atoms. The smallest absolute Gasteiger partial charge is 0.329 e.